The van der Waals surface area contributed by atoms with Crippen LogP contribution in [0.1, 0.15) is 26.5 Å². The molecule has 0 spiro atoms. The van der Waals surface area contributed by atoms with E-state index in [1.165, 1.54) is 25.4 Å². The number of methoxy groups -OCH3 is 1. The maximum absolute atomic E-state index is 12.7. The highest BCUT2D eigenvalue weighted by Crippen LogP contribution is 2.29. The molecular weight excluding hydrogens is 412 g/mol. The monoisotopic (exact) mass is 430 g/mol. The molecule has 0 aliphatic heterocycles. The number of benzene rings is 1. The minimum atomic E-state index is -3.71. The number of rotatable bonds is 4. The van der Waals surface area contributed by atoms with Crippen LogP contribution in [0.5, 0.6) is 5.75 Å². The van der Waals surface area contributed by atoms with Crippen molar-refractivity contribution < 1.29 is 22.7 Å². The quantitative estimate of drug-likeness (QED) is 0.738. The summed E-state index contributed by atoms with van der Waals surface area (Å²) in [5.41, 5.74) is -0.438. The Morgan fingerprint density at radius 2 is 1.96 bits per heavy atom. The Morgan fingerprint density at radius 1 is 1.28 bits per heavy atom. The van der Waals surface area contributed by atoms with Gasteiger partial charge in [0.15, 0.2) is 9.84 Å². The van der Waals surface area contributed by atoms with Gasteiger partial charge in [-0.1, -0.05) is 15.9 Å². The van der Waals surface area contributed by atoms with Crippen LogP contribution in [0, 0.1) is 0 Å². The van der Waals surface area contributed by atoms with Crippen LogP contribution in [0.4, 0.5) is 4.79 Å². The molecular formula is C16H19BrN2O5S. The SMILES string of the molecule is COc1ccc(Br)cc1S(=O)(=O)Cc1ccn(C(=O)OC(C)(C)C)n1. The van der Waals surface area contributed by atoms with Gasteiger partial charge < -0.3 is 9.47 Å². The highest BCUT2D eigenvalue weighted by atomic mass is 79.9. The first-order valence-corrected chi connectivity index (χ1v) is 9.80. The molecule has 1 heterocycles. The van der Waals surface area contributed by atoms with E-state index in [2.05, 4.69) is 21.0 Å². The van der Waals surface area contributed by atoms with Gasteiger partial charge in [-0.25, -0.2) is 13.2 Å². The van der Waals surface area contributed by atoms with E-state index in [4.69, 9.17) is 9.47 Å². The van der Waals surface area contributed by atoms with Gasteiger partial charge >= 0.3 is 6.09 Å². The molecule has 0 bridgehead atoms. The third kappa shape index (κ3) is 5.05. The minimum Gasteiger partial charge on any atom is -0.495 e. The fourth-order valence-electron chi connectivity index (χ4n) is 2.02. The van der Waals surface area contributed by atoms with Gasteiger partial charge in [0.05, 0.1) is 18.6 Å². The Balaban J connectivity index is 2.25. The van der Waals surface area contributed by atoms with Crippen molar-refractivity contribution in [1.82, 2.24) is 9.78 Å². The second kappa shape index (κ2) is 7.17. The minimum absolute atomic E-state index is 0.0520. The number of hydrogen-bond donors (Lipinski definition) is 0. The first-order valence-electron chi connectivity index (χ1n) is 7.36. The van der Waals surface area contributed by atoms with Gasteiger partial charge in [-0.2, -0.15) is 9.78 Å². The van der Waals surface area contributed by atoms with Crippen LogP contribution in [0.15, 0.2) is 39.8 Å². The zero-order valence-electron chi connectivity index (χ0n) is 14.3. The Labute approximate surface area is 155 Å². The van der Waals surface area contributed by atoms with E-state index in [1.807, 2.05) is 0 Å². The predicted molar refractivity (Wildman–Crippen MR) is 95.4 cm³/mol. The van der Waals surface area contributed by atoms with E-state index in [-0.39, 0.29) is 22.1 Å². The van der Waals surface area contributed by atoms with E-state index in [9.17, 15) is 13.2 Å². The fraction of sp³-hybridized carbons (Fsp3) is 0.375. The van der Waals surface area contributed by atoms with Gasteiger partial charge in [0.2, 0.25) is 0 Å². The predicted octanol–water partition coefficient (Wildman–Crippen LogP) is 3.41. The van der Waals surface area contributed by atoms with Crippen LogP contribution in [0.3, 0.4) is 0 Å². The van der Waals surface area contributed by atoms with Crippen molar-refractivity contribution in [2.45, 2.75) is 37.0 Å². The number of sulfone groups is 1. The molecule has 2 aromatic rings. The van der Waals surface area contributed by atoms with Crippen LogP contribution in [-0.2, 0) is 20.3 Å². The number of nitrogens with zero attached hydrogens (tertiary/aromatic N) is 2. The molecule has 1 aromatic carbocycles. The van der Waals surface area contributed by atoms with Crippen LogP contribution in [0.25, 0.3) is 0 Å². The van der Waals surface area contributed by atoms with Gasteiger partial charge in [-0.15, -0.1) is 0 Å². The molecule has 2 rings (SSSR count). The van der Waals surface area contributed by atoms with E-state index >= 15 is 0 Å². The molecule has 25 heavy (non-hydrogen) atoms. The van der Waals surface area contributed by atoms with Crippen LogP contribution >= 0.6 is 15.9 Å². The van der Waals surface area contributed by atoms with Gasteiger partial charge in [0.1, 0.15) is 16.2 Å². The third-order valence-corrected chi connectivity index (χ3v) is 5.18. The lowest BCUT2D eigenvalue weighted by Gasteiger charge is -2.18. The molecule has 0 radical (unpaired) electrons. The summed E-state index contributed by atoms with van der Waals surface area (Å²) in [4.78, 5) is 12.0. The summed E-state index contributed by atoms with van der Waals surface area (Å²) in [6.45, 7) is 5.21. The maximum Gasteiger partial charge on any atom is 0.435 e. The summed E-state index contributed by atoms with van der Waals surface area (Å²) in [5.74, 6) is -0.120. The van der Waals surface area contributed by atoms with Gasteiger partial charge in [-0.05, 0) is 45.0 Å². The Kier molecular flexibility index (Phi) is 5.58. The molecule has 0 aliphatic rings. The second-order valence-corrected chi connectivity index (χ2v) is 9.16. The average molecular weight is 431 g/mol. The number of aromatic nitrogens is 2. The summed E-state index contributed by atoms with van der Waals surface area (Å²) < 4.78 is 37.3. The lowest BCUT2D eigenvalue weighted by Crippen LogP contribution is -2.27. The summed E-state index contributed by atoms with van der Waals surface area (Å²) in [6, 6.07) is 6.19. The molecule has 0 amide bonds. The molecule has 0 saturated carbocycles. The van der Waals surface area contributed by atoms with Crippen molar-refractivity contribution in [3.05, 3.63) is 40.6 Å². The van der Waals surface area contributed by atoms with Gasteiger partial charge in [-0.3, -0.25) is 0 Å². The molecule has 0 fully saturated rings. The molecule has 136 valence electrons. The zero-order valence-corrected chi connectivity index (χ0v) is 16.7. The fourth-order valence-corrected chi connectivity index (χ4v) is 3.99. The molecule has 0 aliphatic carbocycles. The van der Waals surface area contributed by atoms with E-state index < -0.39 is 21.5 Å². The first-order chi connectivity index (χ1) is 11.5. The molecule has 9 heteroatoms. The summed E-state index contributed by atoms with van der Waals surface area (Å²) in [7, 11) is -2.31. The maximum atomic E-state index is 12.7. The van der Waals surface area contributed by atoms with Gasteiger partial charge in [0.25, 0.3) is 0 Å². The van der Waals surface area contributed by atoms with Gasteiger partial charge in [0, 0.05) is 10.7 Å². The molecule has 1 aromatic heterocycles. The number of ether oxygens (including phenoxy) is 2. The lowest BCUT2D eigenvalue weighted by molar-refractivity contribution is 0.0514. The third-order valence-electron chi connectivity index (χ3n) is 3.02. The molecule has 7 nitrogen and oxygen atoms in total. The first kappa shape index (κ1) is 19.5. The van der Waals surface area contributed by atoms with Crippen molar-refractivity contribution >= 4 is 31.9 Å². The standard InChI is InChI=1S/C16H19BrN2O5S/c1-16(2,3)24-15(20)19-8-7-12(18-19)10-25(21,22)14-9-11(17)5-6-13(14)23-4/h5-9H,10H2,1-4H3. The summed E-state index contributed by atoms with van der Waals surface area (Å²) >= 11 is 3.25. The van der Waals surface area contributed by atoms with Crippen LogP contribution in [-0.4, -0.2) is 37.0 Å². The van der Waals surface area contributed by atoms with Crippen molar-refractivity contribution in [2.75, 3.05) is 7.11 Å². The van der Waals surface area contributed by atoms with E-state index in [0.29, 0.717) is 4.47 Å². The number of hydrogen-bond acceptors (Lipinski definition) is 6. The number of carbonyl (C=O) groups is 1. The van der Waals surface area contributed by atoms with E-state index in [1.54, 1.807) is 32.9 Å². The highest BCUT2D eigenvalue weighted by molar-refractivity contribution is 9.10. The smallest absolute Gasteiger partial charge is 0.435 e. The van der Waals surface area contributed by atoms with Crippen LogP contribution in [0.2, 0.25) is 0 Å². The molecule has 0 N–H and O–H groups in total. The molecule has 0 saturated heterocycles. The van der Waals surface area contributed by atoms with Crippen molar-refractivity contribution in [2.24, 2.45) is 0 Å². The lowest BCUT2D eigenvalue weighted by atomic mass is 10.2. The molecule has 0 atom stereocenters. The summed E-state index contributed by atoms with van der Waals surface area (Å²) in [5, 5.41) is 3.99. The number of halogens is 1. The van der Waals surface area contributed by atoms with Crippen molar-refractivity contribution in [3.63, 3.8) is 0 Å². The largest absolute Gasteiger partial charge is 0.495 e. The summed E-state index contributed by atoms with van der Waals surface area (Å²) in [6.07, 6.45) is 0.702. The van der Waals surface area contributed by atoms with Crippen molar-refractivity contribution in [3.8, 4) is 5.75 Å². The molecule has 0 unspecified atom stereocenters. The normalized spacial score (nSPS) is 12.0. The van der Waals surface area contributed by atoms with Crippen LogP contribution < -0.4 is 4.74 Å². The Hall–Kier alpha value is -1.87. The Bertz CT molecular complexity index is 884. The zero-order chi connectivity index (χ0) is 18.8. The number of carbonyl (C=O) groups excluding carboxylic acids is 1. The average Bonchev–Trinajstić information content (AvgIpc) is 2.93. The van der Waals surface area contributed by atoms with Crippen molar-refractivity contribution in [1.29, 1.82) is 0 Å². The topological polar surface area (TPSA) is 87.5 Å². The second-order valence-electron chi connectivity index (χ2n) is 6.29. The van der Waals surface area contributed by atoms with E-state index in [0.717, 1.165) is 4.68 Å². The Morgan fingerprint density at radius 3 is 2.56 bits per heavy atom. The highest BCUT2D eigenvalue weighted by Gasteiger charge is 2.23.